The van der Waals surface area contributed by atoms with E-state index in [9.17, 15) is 9.59 Å². The van der Waals surface area contributed by atoms with Gasteiger partial charge in [-0.2, -0.15) is 0 Å². The Kier molecular flexibility index (Phi) is 5.75. The van der Waals surface area contributed by atoms with Crippen molar-refractivity contribution < 1.29 is 14.3 Å². The van der Waals surface area contributed by atoms with E-state index in [2.05, 4.69) is 28.1 Å². The number of nitrogens with zero attached hydrogens (tertiary/aromatic N) is 2. The summed E-state index contributed by atoms with van der Waals surface area (Å²) in [6.07, 6.45) is 1.99. The van der Waals surface area contributed by atoms with Gasteiger partial charge in [-0.3, -0.25) is 9.69 Å². The second-order valence-electron chi connectivity index (χ2n) is 7.99. The number of hydrogen-bond donors (Lipinski definition) is 1. The molecule has 0 spiro atoms. The highest BCUT2D eigenvalue weighted by molar-refractivity contribution is 7.18. The van der Waals surface area contributed by atoms with Crippen LogP contribution in [0.3, 0.4) is 0 Å². The first-order valence-corrected chi connectivity index (χ1v) is 11.1. The van der Waals surface area contributed by atoms with Crippen molar-refractivity contribution >= 4 is 33.3 Å². The molecular formula is C23H27N3O3S. The van der Waals surface area contributed by atoms with Gasteiger partial charge >= 0.3 is 5.97 Å². The number of methoxy groups -OCH3 is 1. The van der Waals surface area contributed by atoms with Crippen molar-refractivity contribution in [2.24, 2.45) is 0 Å². The van der Waals surface area contributed by atoms with Crippen molar-refractivity contribution in [1.29, 1.82) is 0 Å². The molecule has 0 aliphatic carbocycles. The Bertz CT molecular complexity index is 1060. The molecule has 7 heteroatoms. The van der Waals surface area contributed by atoms with Crippen LogP contribution in [-0.4, -0.2) is 52.9 Å². The summed E-state index contributed by atoms with van der Waals surface area (Å²) in [7, 11) is 1.36. The van der Waals surface area contributed by atoms with E-state index in [-0.39, 0.29) is 11.8 Å². The third-order valence-electron chi connectivity index (χ3n) is 6.19. The minimum absolute atomic E-state index is 0.0178. The number of thiazole rings is 1. The summed E-state index contributed by atoms with van der Waals surface area (Å²) in [5, 5.41) is 1.20. The van der Waals surface area contributed by atoms with Crippen LogP contribution in [0, 0.1) is 13.8 Å². The zero-order chi connectivity index (χ0) is 21.4. The summed E-state index contributed by atoms with van der Waals surface area (Å²) in [5.74, 6) is 0.0511. The lowest BCUT2D eigenvalue weighted by atomic mass is 9.95. The van der Waals surface area contributed by atoms with Gasteiger partial charge in [-0.25, -0.2) is 9.78 Å². The zero-order valence-electron chi connectivity index (χ0n) is 17.8. The minimum Gasteiger partial charge on any atom is -0.465 e. The Hall–Kier alpha value is -2.51. The molecule has 3 aromatic rings. The van der Waals surface area contributed by atoms with Crippen LogP contribution in [0.2, 0.25) is 0 Å². The van der Waals surface area contributed by atoms with E-state index in [1.165, 1.54) is 16.8 Å². The molecule has 158 valence electrons. The van der Waals surface area contributed by atoms with Crippen LogP contribution in [0.4, 0.5) is 0 Å². The van der Waals surface area contributed by atoms with Crippen molar-refractivity contribution in [2.45, 2.75) is 45.6 Å². The fraction of sp³-hybridized carbons (Fsp3) is 0.435. The fourth-order valence-electron chi connectivity index (χ4n) is 4.38. The monoisotopic (exact) mass is 425 g/mol. The lowest BCUT2D eigenvalue weighted by Gasteiger charge is -2.34. The Balaban J connectivity index is 1.44. The first-order chi connectivity index (χ1) is 14.4. The number of ketones is 1. The Morgan fingerprint density at radius 2 is 1.93 bits per heavy atom. The number of para-hydroxylation sites is 1. The average molecular weight is 426 g/mol. The number of aromatic nitrogens is 2. The van der Waals surface area contributed by atoms with Crippen LogP contribution in [0.15, 0.2) is 24.3 Å². The highest BCUT2D eigenvalue weighted by Crippen LogP contribution is 2.34. The zero-order valence-corrected chi connectivity index (χ0v) is 18.6. The number of rotatable bonds is 5. The molecule has 0 radical (unpaired) electrons. The molecule has 3 heterocycles. The summed E-state index contributed by atoms with van der Waals surface area (Å²) >= 11 is 1.78. The molecule has 1 aliphatic heterocycles. The van der Waals surface area contributed by atoms with Crippen LogP contribution in [0.1, 0.15) is 62.8 Å². The molecule has 0 saturated carbocycles. The fourth-order valence-corrected chi connectivity index (χ4v) is 5.51. The molecule has 1 saturated heterocycles. The topological polar surface area (TPSA) is 75.3 Å². The van der Waals surface area contributed by atoms with Crippen LogP contribution in [0.5, 0.6) is 0 Å². The molecule has 1 N–H and O–H groups in total. The van der Waals surface area contributed by atoms with E-state index in [0.717, 1.165) is 31.4 Å². The van der Waals surface area contributed by atoms with Gasteiger partial charge in [0.1, 0.15) is 0 Å². The smallest absolute Gasteiger partial charge is 0.339 e. The number of H-pyrrole nitrogens is 1. The molecular weight excluding hydrogens is 398 g/mol. The molecule has 6 nitrogen and oxygen atoms in total. The van der Waals surface area contributed by atoms with Gasteiger partial charge in [0.25, 0.3) is 0 Å². The number of aryl methyl sites for hydroxylation is 1. The van der Waals surface area contributed by atoms with Crippen molar-refractivity contribution in [3.8, 4) is 0 Å². The number of esters is 1. The van der Waals surface area contributed by atoms with Gasteiger partial charge in [0.2, 0.25) is 0 Å². The summed E-state index contributed by atoms with van der Waals surface area (Å²) in [4.78, 5) is 35.4. The second kappa shape index (κ2) is 8.32. The summed E-state index contributed by atoms with van der Waals surface area (Å²) in [6, 6.07) is 8.02. The number of benzene rings is 1. The molecule has 30 heavy (non-hydrogen) atoms. The third kappa shape index (κ3) is 3.68. The normalized spacial score (nSPS) is 16.7. The molecule has 0 amide bonds. The van der Waals surface area contributed by atoms with E-state index >= 15 is 0 Å². The maximum atomic E-state index is 13.2. The average Bonchev–Trinajstić information content (AvgIpc) is 3.33. The number of aromatic amines is 1. The molecule has 0 bridgehead atoms. The largest absolute Gasteiger partial charge is 0.465 e. The number of Topliss-reactive ketones (excluding diaryl/α,β-unsaturated/α-hetero) is 1. The number of ether oxygens (including phenoxy) is 1. The van der Waals surface area contributed by atoms with Gasteiger partial charge in [0.05, 0.1) is 39.6 Å². The Morgan fingerprint density at radius 1 is 1.23 bits per heavy atom. The third-order valence-corrected chi connectivity index (χ3v) is 7.39. The van der Waals surface area contributed by atoms with Gasteiger partial charge in [0.15, 0.2) is 5.78 Å². The van der Waals surface area contributed by atoms with E-state index in [1.54, 1.807) is 25.2 Å². The SMILES string of the molecule is COC(=O)c1c(C)[nH]c(C(=O)[C@@H](C)N2CCC(c3nc4ccccc4s3)CC2)c1C. The number of piperidine rings is 1. The van der Waals surface area contributed by atoms with E-state index in [1.807, 2.05) is 13.0 Å². The lowest BCUT2D eigenvalue weighted by Crippen LogP contribution is -2.43. The first kappa shape index (κ1) is 20.8. The summed E-state index contributed by atoms with van der Waals surface area (Å²) < 4.78 is 6.09. The van der Waals surface area contributed by atoms with Gasteiger partial charge in [-0.15, -0.1) is 11.3 Å². The highest BCUT2D eigenvalue weighted by Gasteiger charge is 2.31. The van der Waals surface area contributed by atoms with Gasteiger partial charge < -0.3 is 9.72 Å². The van der Waals surface area contributed by atoms with Gasteiger partial charge in [-0.05, 0) is 64.4 Å². The highest BCUT2D eigenvalue weighted by atomic mass is 32.1. The molecule has 1 atom stereocenters. The summed E-state index contributed by atoms with van der Waals surface area (Å²) in [5.41, 5.74) is 3.38. The summed E-state index contributed by atoms with van der Waals surface area (Å²) in [6.45, 7) is 7.26. The molecule has 4 rings (SSSR count). The number of likely N-dealkylation sites (tertiary alicyclic amines) is 1. The minimum atomic E-state index is -0.412. The predicted molar refractivity (Wildman–Crippen MR) is 119 cm³/mol. The molecule has 1 aromatic carbocycles. The maximum Gasteiger partial charge on any atom is 0.339 e. The molecule has 0 unspecified atom stereocenters. The maximum absolute atomic E-state index is 13.2. The van der Waals surface area contributed by atoms with Crippen LogP contribution >= 0.6 is 11.3 Å². The lowest BCUT2D eigenvalue weighted by molar-refractivity contribution is 0.0599. The predicted octanol–water partition coefficient (Wildman–Crippen LogP) is 4.48. The van der Waals surface area contributed by atoms with Gasteiger partial charge in [-0.1, -0.05) is 12.1 Å². The van der Waals surface area contributed by atoms with E-state index in [4.69, 9.17) is 9.72 Å². The van der Waals surface area contributed by atoms with E-state index < -0.39 is 5.97 Å². The van der Waals surface area contributed by atoms with Crippen molar-refractivity contribution in [2.75, 3.05) is 20.2 Å². The van der Waals surface area contributed by atoms with Crippen molar-refractivity contribution in [3.63, 3.8) is 0 Å². The number of nitrogens with one attached hydrogen (secondary N) is 1. The van der Waals surface area contributed by atoms with Crippen LogP contribution in [0.25, 0.3) is 10.2 Å². The standard InChI is InChI=1S/C23H27N3O3S/c1-13-19(23(28)29-4)14(2)24-20(13)21(27)15(3)26-11-9-16(10-12-26)22-25-17-7-5-6-8-18(17)30-22/h5-8,15-16,24H,9-12H2,1-4H3/t15-/m1/s1. The van der Waals surface area contributed by atoms with Crippen molar-refractivity contribution in [3.05, 3.63) is 51.8 Å². The first-order valence-electron chi connectivity index (χ1n) is 10.3. The number of hydrogen-bond acceptors (Lipinski definition) is 6. The second-order valence-corrected chi connectivity index (χ2v) is 9.05. The number of carbonyl (C=O) groups is 2. The number of fused-ring (bicyclic) bond motifs is 1. The van der Waals surface area contributed by atoms with Crippen molar-refractivity contribution in [1.82, 2.24) is 14.9 Å². The van der Waals surface area contributed by atoms with Crippen LogP contribution < -0.4 is 0 Å². The molecule has 1 fully saturated rings. The Labute approximate surface area is 180 Å². The van der Waals surface area contributed by atoms with Crippen LogP contribution in [-0.2, 0) is 4.74 Å². The Morgan fingerprint density at radius 3 is 2.60 bits per heavy atom. The van der Waals surface area contributed by atoms with E-state index in [0.29, 0.717) is 28.4 Å². The van der Waals surface area contributed by atoms with Gasteiger partial charge in [0, 0.05) is 11.6 Å². The number of carbonyl (C=O) groups excluding carboxylic acids is 2. The quantitative estimate of drug-likeness (QED) is 0.482. The molecule has 1 aliphatic rings. The molecule has 2 aromatic heterocycles.